The molecule has 0 aromatic rings. The van der Waals surface area contributed by atoms with Gasteiger partial charge in [0.05, 0.1) is 5.60 Å². The lowest BCUT2D eigenvalue weighted by Crippen LogP contribution is -2.60. The van der Waals surface area contributed by atoms with E-state index in [0.29, 0.717) is 11.6 Å². The van der Waals surface area contributed by atoms with Gasteiger partial charge in [0, 0.05) is 18.7 Å². The first-order chi connectivity index (χ1) is 9.27. The van der Waals surface area contributed by atoms with Gasteiger partial charge in [-0.25, -0.2) is 0 Å². The number of hydrogen-bond acceptors (Lipinski definition) is 3. The maximum absolute atomic E-state index is 5.59. The number of methoxy groups -OCH3 is 1. The molecule has 3 nitrogen and oxygen atoms in total. The number of rotatable bonds is 7. The minimum atomic E-state index is -0.0249. The second-order valence-electron chi connectivity index (χ2n) is 7.54. The molecule has 3 unspecified atom stereocenters. The van der Waals surface area contributed by atoms with Crippen LogP contribution < -0.4 is 5.32 Å². The van der Waals surface area contributed by atoms with Gasteiger partial charge >= 0.3 is 0 Å². The van der Waals surface area contributed by atoms with E-state index in [1.54, 1.807) is 0 Å². The van der Waals surface area contributed by atoms with E-state index in [2.05, 4.69) is 52.1 Å². The molecule has 3 heteroatoms. The summed E-state index contributed by atoms with van der Waals surface area (Å²) >= 11 is 0. The number of hydrogen-bond donors (Lipinski definition) is 1. The zero-order valence-corrected chi connectivity index (χ0v) is 14.8. The summed E-state index contributed by atoms with van der Waals surface area (Å²) in [6.07, 6.45) is 7.62. The van der Waals surface area contributed by atoms with Crippen molar-refractivity contribution in [3.05, 3.63) is 0 Å². The Hall–Kier alpha value is -0.120. The molecule has 0 bridgehead atoms. The van der Waals surface area contributed by atoms with Crippen molar-refractivity contribution in [1.29, 1.82) is 0 Å². The highest BCUT2D eigenvalue weighted by atomic mass is 16.5. The van der Waals surface area contributed by atoms with E-state index in [9.17, 15) is 0 Å². The minimum Gasteiger partial charge on any atom is -0.379 e. The summed E-state index contributed by atoms with van der Waals surface area (Å²) < 4.78 is 5.59. The Bertz CT molecular complexity index is 291. The molecule has 1 fully saturated rings. The van der Waals surface area contributed by atoms with Crippen LogP contribution in [0.25, 0.3) is 0 Å². The first-order valence-corrected chi connectivity index (χ1v) is 8.17. The summed E-state index contributed by atoms with van der Waals surface area (Å²) in [4.78, 5) is 2.48. The first kappa shape index (κ1) is 17.9. The number of ether oxygens (including phenoxy) is 1. The van der Waals surface area contributed by atoms with Crippen LogP contribution in [0.15, 0.2) is 0 Å². The van der Waals surface area contributed by atoms with Crippen LogP contribution in [-0.2, 0) is 4.74 Å². The third kappa shape index (κ3) is 4.19. The van der Waals surface area contributed by atoms with Gasteiger partial charge in [0.15, 0.2) is 0 Å². The molecule has 1 aliphatic rings. The summed E-state index contributed by atoms with van der Waals surface area (Å²) in [5.41, 5.74) is 0.277. The lowest BCUT2D eigenvalue weighted by atomic mass is 9.70. The molecule has 0 aliphatic heterocycles. The van der Waals surface area contributed by atoms with Gasteiger partial charge < -0.3 is 15.0 Å². The maximum atomic E-state index is 5.59. The molecule has 1 rings (SSSR count). The van der Waals surface area contributed by atoms with Crippen LogP contribution in [0.2, 0.25) is 0 Å². The van der Waals surface area contributed by atoms with E-state index in [-0.39, 0.29) is 5.60 Å². The highest BCUT2D eigenvalue weighted by Gasteiger charge is 2.43. The van der Waals surface area contributed by atoms with Gasteiger partial charge in [0.25, 0.3) is 0 Å². The van der Waals surface area contributed by atoms with E-state index in [1.807, 2.05) is 7.11 Å². The van der Waals surface area contributed by atoms with Crippen molar-refractivity contribution < 1.29 is 4.74 Å². The molecule has 3 atom stereocenters. The Kier molecular flexibility index (Phi) is 6.49. The Morgan fingerprint density at radius 3 is 2.50 bits per heavy atom. The molecule has 0 amide bonds. The number of nitrogens with zero attached hydrogens (tertiary/aromatic N) is 1. The topological polar surface area (TPSA) is 24.5 Å². The average Bonchev–Trinajstić information content (AvgIpc) is 2.39. The normalized spacial score (nSPS) is 29.7. The Morgan fingerprint density at radius 2 is 2.05 bits per heavy atom. The fourth-order valence-corrected chi connectivity index (χ4v) is 3.87. The van der Waals surface area contributed by atoms with E-state index >= 15 is 0 Å². The monoisotopic (exact) mass is 284 g/mol. The third-order valence-corrected chi connectivity index (χ3v) is 5.48. The highest BCUT2D eigenvalue weighted by Crippen LogP contribution is 2.39. The second kappa shape index (κ2) is 7.24. The van der Waals surface area contributed by atoms with Gasteiger partial charge in [-0.3, -0.25) is 0 Å². The molecule has 0 saturated heterocycles. The van der Waals surface area contributed by atoms with Crippen LogP contribution >= 0.6 is 0 Å². The molecule has 0 heterocycles. The van der Waals surface area contributed by atoms with Gasteiger partial charge in [-0.1, -0.05) is 19.8 Å². The fraction of sp³-hybridized carbons (Fsp3) is 1.00. The van der Waals surface area contributed by atoms with Crippen molar-refractivity contribution in [2.45, 2.75) is 76.5 Å². The summed E-state index contributed by atoms with van der Waals surface area (Å²) in [5.74, 6) is 0.831. The standard InChI is InChI=1S/C17H36N2O/c1-14-9-8-11-17(13-14,19(5)6)15(18-4)10-12-16(2,3)20-7/h14-15,18H,8-13H2,1-7H3. The second-order valence-corrected chi connectivity index (χ2v) is 7.54. The van der Waals surface area contributed by atoms with Crippen molar-refractivity contribution in [3.63, 3.8) is 0 Å². The lowest BCUT2D eigenvalue weighted by molar-refractivity contribution is -0.00523. The molecule has 0 aromatic carbocycles. The SMILES string of the molecule is CNC(CCC(C)(C)OC)C1(N(C)C)CCCC(C)C1. The van der Waals surface area contributed by atoms with Crippen LogP contribution in [0.5, 0.6) is 0 Å². The van der Waals surface area contributed by atoms with Crippen molar-refractivity contribution in [3.8, 4) is 0 Å². The van der Waals surface area contributed by atoms with Crippen molar-refractivity contribution in [1.82, 2.24) is 10.2 Å². The molecule has 0 aromatic heterocycles. The summed E-state index contributed by atoms with van der Waals surface area (Å²) in [5, 5.41) is 3.61. The first-order valence-electron chi connectivity index (χ1n) is 8.17. The number of nitrogens with one attached hydrogen (secondary N) is 1. The Balaban J connectivity index is 2.81. The molecule has 1 N–H and O–H groups in total. The molecular weight excluding hydrogens is 248 g/mol. The molecule has 1 aliphatic carbocycles. The molecular formula is C17H36N2O. The molecule has 0 radical (unpaired) electrons. The van der Waals surface area contributed by atoms with Crippen LogP contribution in [-0.4, -0.2) is 50.3 Å². The maximum Gasteiger partial charge on any atom is 0.0623 e. The molecule has 120 valence electrons. The van der Waals surface area contributed by atoms with E-state index in [0.717, 1.165) is 12.3 Å². The largest absolute Gasteiger partial charge is 0.379 e. The van der Waals surface area contributed by atoms with Gasteiger partial charge in [0.1, 0.15) is 0 Å². The summed E-state index contributed by atoms with van der Waals surface area (Å²) in [6, 6.07) is 0.537. The van der Waals surface area contributed by atoms with Gasteiger partial charge in [-0.05, 0) is 66.6 Å². The third-order valence-electron chi connectivity index (χ3n) is 5.48. The smallest absolute Gasteiger partial charge is 0.0623 e. The molecule has 1 saturated carbocycles. The van der Waals surface area contributed by atoms with Crippen LogP contribution in [0.4, 0.5) is 0 Å². The Morgan fingerprint density at radius 1 is 1.40 bits per heavy atom. The number of likely N-dealkylation sites (N-methyl/N-ethyl adjacent to an activating group) is 2. The van der Waals surface area contributed by atoms with Crippen molar-refractivity contribution in [2.75, 3.05) is 28.3 Å². The summed E-state index contributed by atoms with van der Waals surface area (Å²) in [7, 11) is 8.45. The van der Waals surface area contributed by atoms with E-state index in [1.165, 1.54) is 32.1 Å². The van der Waals surface area contributed by atoms with Crippen LogP contribution in [0.3, 0.4) is 0 Å². The van der Waals surface area contributed by atoms with E-state index in [4.69, 9.17) is 4.74 Å². The van der Waals surface area contributed by atoms with E-state index < -0.39 is 0 Å². The predicted octanol–water partition coefficient (Wildman–Crippen LogP) is 3.29. The quantitative estimate of drug-likeness (QED) is 0.776. The van der Waals surface area contributed by atoms with Crippen molar-refractivity contribution in [2.24, 2.45) is 5.92 Å². The molecule has 0 spiro atoms. The lowest BCUT2D eigenvalue weighted by Gasteiger charge is -2.50. The highest BCUT2D eigenvalue weighted by molar-refractivity contribution is 5.01. The average molecular weight is 284 g/mol. The summed E-state index contributed by atoms with van der Waals surface area (Å²) in [6.45, 7) is 6.78. The van der Waals surface area contributed by atoms with Gasteiger partial charge in [-0.15, -0.1) is 0 Å². The van der Waals surface area contributed by atoms with Crippen molar-refractivity contribution >= 4 is 0 Å². The zero-order chi connectivity index (χ0) is 15.4. The predicted molar refractivity (Wildman–Crippen MR) is 87.2 cm³/mol. The fourth-order valence-electron chi connectivity index (χ4n) is 3.87. The Labute approximate surface area is 126 Å². The molecule has 20 heavy (non-hydrogen) atoms. The van der Waals surface area contributed by atoms with Gasteiger partial charge in [-0.2, -0.15) is 0 Å². The van der Waals surface area contributed by atoms with Crippen LogP contribution in [0.1, 0.15) is 59.3 Å². The zero-order valence-electron chi connectivity index (χ0n) is 14.8. The van der Waals surface area contributed by atoms with Gasteiger partial charge in [0.2, 0.25) is 0 Å². The van der Waals surface area contributed by atoms with Crippen LogP contribution in [0, 0.1) is 5.92 Å². The minimum absolute atomic E-state index is 0.0249.